The molecule has 0 saturated heterocycles. The molecular weight excluding hydrogens is 372 g/mol. The lowest BCUT2D eigenvalue weighted by Gasteiger charge is -2.08. The summed E-state index contributed by atoms with van der Waals surface area (Å²) in [4.78, 5) is 12.1. The van der Waals surface area contributed by atoms with E-state index in [0.717, 1.165) is 0 Å². The number of anilines is 1. The molecule has 0 radical (unpaired) electrons. The SMILES string of the molecule is O=C(Nc1ccc(Cl)cc1)c1cc(Cl)cc(Cl)c1Br. The Morgan fingerprint density at radius 3 is 2.26 bits per heavy atom. The minimum atomic E-state index is -0.307. The Labute approximate surface area is 133 Å². The zero-order valence-corrected chi connectivity index (χ0v) is 13.2. The van der Waals surface area contributed by atoms with Gasteiger partial charge in [0.25, 0.3) is 5.91 Å². The lowest BCUT2D eigenvalue weighted by molar-refractivity contribution is 0.102. The third-order valence-corrected chi connectivity index (χ3v) is 4.19. The van der Waals surface area contributed by atoms with Gasteiger partial charge in [-0.1, -0.05) is 34.8 Å². The summed E-state index contributed by atoms with van der Waals surface area (Å²) in [6, 6.07) is 9.91. The molecule has 0 heterocycles. The average Bonchev–Trinajstić information content (AvgIpc) is 2.36. The van der Waals surface area contributed by atoms with Gasteiger partial charge in [0.1, 0.15) is 0 Å². The third-order valence-electron chi connectivity index (χ3n) is 2.34. The van der Waals surface area contributed by atoms with Crippen molar-refractivity contribution in [2.75, 3.05) is 5.32 Å². The van der Waals surface area contributed by atoms with E-state index >= 15 is 0 Å². The van der Waals surface area contributed by atoms with Gasteiger partial charge >= 0.3 is 0 Å². The van der Waals surface area contributed by atoms with Gasteiger partial charge in [0, 0.05) is 20.2 Å². The van der Waals surface area contributed by atoms with Crippen LogP contribution in [-0.4, -0.2) is 5.91 Å². The predicted molar refractivity (Wildman–Crippen MR) is 83.6 cm³/mol. The van der Waals surface area contributed by atoms with Crippen LogP contribution in [0.25, 0.3) is 0 Å². The van der Waals surface area contributed by atoms with Crippen molar-refractivity contribution in [3.8, 4) is 0 Å². The highest BCUT2D eigenvalue weighted by atomic mass is 79.9. The average molecular weight is 379 g/mol. The minimum Gasteiger partial charge on any atom is -0.322 e. The summed E-state index contributed by atoms with van der Waals surface area (Å²) in [6.07, 6.45) is 0. The summed E-state index contributed by atoms with van der Waals surface area (Å²) in [5.74, 6) is -0.307. The first-order valence-electron chi connectivity index (χ1n) is 5.19. The Morgan fingerprint density at radius 2 is 1.63 bits per heavy atom. The predicted octanol–water partition coefficient (Wildman–Crippen LogP) is 5.66. The molecular formula is C13H7BrCl3NO. The van der Waals surface area contributed by atoms with Crippen molar-refractivity contribution in [2.24, 2.45) is 0 Å². The first-order chi connectivity index (χ1) is 8.97. The second-order valence-corrected chi connectivity index (χ2v) is 5.78. The van der Waals surface area contributed by atoms with Gasteiger partial charge in [0.05, 0.1) is 10.6 Å². The van der Waals surface area contributed by atoms with E-state index in [-0.39, 0.29) is 5.91 Å². The zero-order chi connectivity index (χ0) is 14.0. The van der Waals surface area contributed by atoms with Crippen LogP contribution in [0.3, 0.4) is 0 Å². The van der Waals surface area contributed by atoms with Gasteiger partial charge in [-0.2, -0.15) is 0 Å². The van der Waals surface area contributed by atoms with Crippen molar-refractivity contribution in [1.29, 1.82) is 0 Å². The summed E-state index contributed by atoms with van der Waals surface area (Å²) in [5, 5.41) is 4.12. The maximum Gasteiger partial charge on any atom is 0.256 e. The van der Waals surface area contributed by atoms with Crippen LogP contribution in [0.2, 0.25) is 15.1 Å². The van der Waals surface area contributed by atoms with Gasteiger partial charge in [0.15, 0.2) is 0 Å². The highest BCUT2D eigenvalue weighted by molar-refractivity contribution is 9.10. The molecule has 0 spiro atoms. The van der Waals surface area contributed by atoms with E-state index in [1.54, 1.807) is 36.4 Å². The third kappa shape index (κ3) is 3.63. The first-order valence-corrected chi connectivity index (χ1v) is 7.11. The smallest absolute Gasteiger partial charge is 0.256 e. The molecule has 2 rings (SSSR count). The van der Waals surface area contributed by atoms with Crippen LogP contribution in [0.5, 0.6) is 0 Å². The van der Waals surface area contributed by atoms with Crippen LogP contribution >= 0.6 is 50.7 Å². The van der Waals surface area contributed by atoms with Gasteiger partial charge in [-0.15, -0.1) is 0 Å². The van der Waals surface area contributed by atoms with E-state index in [0.29, 0.717) is 30.8 Å². The molecule has 0 saturated carbocycles. The topological polar surface area (TPSA) is 29.1 Å². The molecule has 0 aliphatic carbocycles. The number of benzene rings is 2. The van der Waals surface area contributed by atoms with E-state index in [9.17, 15) is 4.79 Å². The summed E-state index contributed by atoms with van der Waals surface area (Å²) in [7, 11) is 0. The van der Waals surface area contributed by atoms with E-state index in [2.05, 4.69) is 21.2 Å². The van der Waals surface area contributed by atoms with Gasteiger partial charge in [-0.05, 0) is 52.3 Å². The fraction of sp³-hybridized carbons (Fsp3) is 0. The van der Waals surface area contributed by atoms with Crippen LogP contribution in [0, 0.1) is 0 Å². The molecule has 2 aromatic carbocycles. The van der Waals surface area contributed by atoms with Crippen molar-refractivity contribution in [1.82, 2.24) is 0 Å². The second-order valence-electron chi connectivity index (χ2n) is 3.71. The number of hydrogen-bond acceptors (Lipinski definition) is 1. The maximum atomic E-state index is 12.1. The summed E-state index contributed by atoms with van der Waals surface area (Å²) >= 11 is 20.9. The van der Waals surface area contributed by atoms with E-state index in [1.807, 2.05) is 0 Å². The Kier molecular flexibility index (Phi) is 4.74. The van der Waals surface area contributed by atoms with E-state index in [4.69, 9.17) is 34.8 Å². The molecule has 0 aliphatic rings. The van der Waals surface area contributed by atoms with Crippen molar-refractivity contribution < 1.29 is 4.79 Å². The number of nitrogens with one attached hydrogen (secondary N) is 1. The molecule has 0 bridgehead atoms. The normalized spacial score (nSPS) is 10.3. The first kappa shape index (κ1) is 14.7. The minimum absolute atomic E-state index is 0.307. The van der Waals surface area contributed by atoms with Crippen molar-refractivity contribution in [2.45, 2.75) is 0 Å². The van der Waals surface area contributed by atoms with Crippen LogP contribution < -0.4 is 5.32 Å². The molecule has 0 unspecified atom stereocenters. The number of hydrogen-bond donors (Lipinski definition) is 1. The summed E-state index contributed by atoms with van der Waals surface area (Å²) in [5.41, 5.74) is 1.00. The molecule has 0 atom stereocenters. The van der Waals surface area contributed by atoms with Gasteiger partial charge < -0.3 is 5.32 Å². The van der Waals surface area contributed by atoms with Crippen LogP contribution in [-0.2, 0) is 0 Å². The second kappa shape index (κ2) is 6.14. The Morgan fingerprint density at radius 1 is 1.00 bits per heavy atom. The Balaban J connectivity index is 2.27. The fourth-order valence-electron chi connectivity index (χ4n) is 1.45. The standard InChI is InChI=1S/C13H7BrCl3NO/c14-12-10(5-8(16)6-11(12)17)13(19)18-9-3-1-7(15)2-4-9/h1-6H,(H,18,19). The Bertz CT molecular complexity index is 629. The molecule has 0 aromatic heterocycles. The maximum absolute atomic E-state index is 12.1. The monoisotopic (exact) mass is 377 g/mol. The molecule has 2 aromatic rings. The van der Waals surface area contributed by atoms with Crippen LogP contribution in [0.1, 0.15) is 10.4 Å². The van der Waals surface area contributed by atoms with Crippen LogP contribution in [0.4, 0.5) is 5.69 Å². The molecule has 0 fully saturated rings. The number of carbonyl (C=O) groups is 1. The molecule has 19 heavy (non-hydrogen) atoms. The van der Waals surface area contributed by atoms with Crippen molar-refractivity contribution >= 4 is 62.3 Å². The highest BCUT2D eigenvalue weighted by Gasteiger charge is 2.14. The highest BCUT2D eigenvalue weighted by Crippen LogP contribution is 2.30. The van der Waals surface area contributed by atoms with E-state index < -0.39 is 0 Å². The zero-order valence-electron chi connectivity index (χ0n) is 9.38. The van der Waals surface area contributed by atoms with Crippen molar-refractivity contribution in [3.63, 3.8) is 0 Å². The van der Waals surface area contributed by atoms with Crippen LogP contribution in [0.15, 0.2) is 40.9 Å². The molecule has 0 aliphatic heterocycles. The molecule has 98 valence electrons. The Hall–Kier alpha value is -0.740. The lowest BCUT2D eigenvalue weighted by Crippen LogP contribution is -2.12. The summed E-state index contributed by atoms with van der Waals surface area (Å²) in [6.45, 7) is 0. The molecule has 6 heteroatoms. The molecule has 2 nitrogen and oxygen atoms in total. The largest absolute Gasteiger partial charge is 0.322 e. The number of amides is 1. The van der Waals surface area contributed by atoms with Gasteiger partial charge in [-0.3, -0.25) is 4.79 Å². The van der Waals surface area contributed by atoms with E-state index in [1.165, 1.54) is 0 Å². The van der Waals surface area contributed by atoms with Crippen molar-refractivity contribution in [3.05, 3.63) is 61.5 Å². The molecule has 1 amide bonds. The summed E-state index contributed by atoms with van der Waals surface area (Å²) < 4.78 is 0.505. The quantitative estimate of drug-likeness (QED) is 0.670. The number of rotatable bonds is 2. The molecule has 1 N–H and O–H groups in total. The fourth-order valence-corrected chi connectivity index (χ4v) is 2.48. The number of halogens is 4. The van der Waals surface area contributed by atoms with Gasteiger partial charge in [0.2, 0.25) is 0 Å². The lowest BCUT2D eigenvalue weighted by atomic mass is 10.2. The number of carbonyl (C=O) groups excluding carboxylic acids is 1. The van der Waals surface area contributed by atoms with Gasteiger partial charge in [-0.25, -0.2) is 0 Å².